The average molecular weight is 451 g/mol. The lowest BCUT2D eigenvalue weighted by Crippen LogP contribution is -2.54. The van der Waals surface area contributed by atoms with E-state index in [4.69, 9.17) is 9.47 Å². The Morgan fingerprint density at radius 1 is 0.909 bits per heavy atom. The molecule has 1 amide bonds. The van der Waals surface area contributed by atoms with Gasteiger partial charge in [0.2, 0.25) is 12.7 Å². The second kappa shape index (κ2) is 10.1. The summed E-state index contributed by atoms with van der Waals surface area (Å²) in [5.74, 6) is 1.70. The van der Waals surface area contributed by atoms with E-state index in [-0.39, 0.29) is 5.91 Å². The fourth-order valence-electron chi connectivity index (χ4n) is 5.21. The van der Waals surface area contributed by atoms with E-state index in [1.54, 1.807) is 6.92 Å². The van der Waals surface area contributed by atoms with Crippen molar-refractivity contribution in [2.45, 2.75) is 38.9 Å². The van der Waals surface area contributed by atoms with Gasteiger partial charge in [-0.05, 0) is 54.8 Å². The highest BCUT2D eigenvalue weighted by molar-refractivity contribution is 5.88. The van der Waals surface area contributed by atoms with Crippen molar-refractivity contribution in [3.63, 3.8) is 0 Å². The Labute approximate surface area is 196 Å². The van der Waals surface area contributed by atoms with E-state index in [0.717, 1.165) is 69.5 Å². The Kier molecular flexibility index (Phi) is 6.80. The van der Waals surface area contributed by atoms with Crippen molar-refractivity contribution < 1.29 is 14.3 Å². The molecule has 2 fully saturated rings. The third-order valence-electron chi connectivity index (χ3n) is 6.93. The molecule has 176 valence electrons. The van der Waals surface area contributed by atoms with Crippen LogP contribution < -0.4 is 14.8 Å². The molecule has 0 saturated carbocycles. The second-order valence-electron chi connectivity index (χ2n) is 9.41. The second-order valence-corrected chi connectivity index (χ2v) is 9.41. The molecule has 0 radical (unpaired) electrons. The summed E-state index contributed by atoms with van der Waals surface area (Å²) in [6.07, 6.45) is 2.55. The number of amides is 1. The Morgan fingerprint density at radius 3 is 2.42 bits per heavy atom. The van der Waals surface area contributed by atoms with E-state index < -0.39 is 0 Å². The molecule has 2 aromatic carbocycles. The normalized spacial score (nSPS) is 21.8. The maximum Gasteiger partial charge on any atom is 0.231 e. The summed E-state index contributed by atoms with van der Waals surface area (Å²) in [5, 5.41) is 2.84. The molecule has 7 heteroatoms. The Bertz CT molecular complexity index is 957. The summed E-state index contributed by atoms with van der Waals surface area (Å²) in [6.45, 7) is 10.6. The number of carbonyl (C=O) groups excluding carboxylic acids is 1. The van der Waals surface area contributed by atoms with Crippen molar-refractivity contribution in [3.8, 4) is 11.5 Å². The predicted molar refractivity (Wildman–Crippen MR) is 128 cm³/mol. The summed E-state index contributed by atoms with van der Waals surface area (Å²) in [5.41, 5.74) is 3.46. The van der Waals surface area contributed by atoms with Crippen LogP contribution >= 0.6 is 0 Å². The van der Waals surface area contributed by atoms with Gasteiger partial charge in [-0.2, -0.15) is 0 Å². The number of benzene rings is 2. The third kappa shape index (κ3) is 5.66. The van der Waals surface area contributed by atoms with Crippen LogP contribution in [0.3, 0.4) is 0 Å². The monoisotopic (exact) mass is 450 g/mol. The van der Waals surface area contributed by atoms with Crippen LogP contribution in [-0.4, -0.2) is 72.7 Å². The molecule has 0 spiro atoms. The highest BCUT2D eigenvalue weighted by Crippen LogP contribution is 2.33. The smallest absolute Gasteiger partial charge is 0.231 e. The molecule has 3 aliphatic heterocycles. The summed E-state index contributed by atoms with van der Waals surface area (Å²) in [4.78, 5) is 19.0. The van der Waals surface area contributed by atoms with Crippen LogP contribution in [0.15, 0.2) is 42.5 Å². The van der Waals surface area contributed by atoms with Gasteiger partial charge in [0, 0.05) is 64.5 Å². The number of hydrogen-bond acceptors (Lipinski definition) is 6. The summed E-state index contributed by atoms with van der Waals surface area (Å²) < 4.78 is 11.0. The average Bonchev–Trinajstić information content (AvgIpc) is 3.29. The zero-order chi connectivity index (χ0) is 22.6. The Morgan fingerprint density at radius 2 is 1.64 bits per heavy atom. The van der Waals surface area contributed by atoms with E-state index in [9.17, 15) is 4.79 Å². The molecule has 7 nitrogen and oxygen atoms in total. The SMILES string of the molecule is CC(=O)Nc1ccc(CN2CCC[C@H](N3CCN(Cc4ccc5c(c4)OCO5)CC3)C2)cc1. The highest BCUT2D eigenvalue weighted by Gasteiger charge is 2.28. The van der Waals surface area contributed by atoms with Gasteiger partial charge in [-0.25, -0.2) is 0 Å². The lowest BCUT2D eigenvalue weighted by molar-refractivity contribution is -0.114. The number of rotatable bonds is 6. The zero-order valence-corrected chi connectivity index (χ0v) is 19.5. The lowest BCUT2D eigenvalue weighted by Gasteiger charge is -2.43. The maximum absolute atomic E-state index is 11.2. The van der Waals surface area contributed by atoms with Gasteiger partial charge < -0.3 is 14.8 Å². The summed E-state index contributed by atoms with van der Waals surface area (Å²) in [7, 11) is 0. The molecule has 0 unspecified atom stereocenters. The van der Waals surface area contributed by atoms with E-state index in [0.29, 0.717) is 12.8 Å². The first-order valence-corrected chi connectivity index (χ1v) is 12.1. The van der Waals surface area contributed by atoms with Gasteiger partial charge in [0.25, 0.3) is 0 Å². The Balaban J connectivity index is 1.09. The fourth-order valence-corrected chi connectivity index (χ4v) is 5.21. The number of nitrogens with zero attached hydrogens (tertiary/aromatic N) is 3. The molecule has 0 aliphatic carbocycles. The number of ether oxygens (including phenoxy) is 2. The van der Waals surface area contributed by atoms with Gasteiger partial charge in [-0.1, -0.05) is 18.2 Å². The fraction of sp³-hybridized carbons (Fsp3) is 0.500. The van der Waals surface area contributed by atoms with Crippen LogP contribution in [0.1, 0.15) is 30.9 Å². The van der Waals surface area contributed by atoms with Gasteiger partial charge >= 0.3 is 0 Å². The summed E-state index contributed by atoms with van der Waals surface area (Å²) >= 11 is 0. The molecule has 2 saturated heterocycles. The maximum atomic E-state index is 11.2. The molecular formula is C26H34N4O3. The molecule has 2 aromatic rings. The quantitative estimate of drug-likeness (QED) is 0.730. The van der Waals surface area contributed by atoms with Crippen molar-refractivity contribution in [2.24, 2.45) is 0 Å². The number of fused-ring (bicyclic) bond motifs is 1. The van der Waals surface area contributed by atoms with Crippen LogP contribution in [-0.2, 0) is 17.9 Å². The molecule has 3 heterocycles. The number of anilines is 1. The van der Waals surface area contributed by atoms with Crippen molar-refractivity contribution in [3.05, 3.63) is 53.6 Å². The van der Waals surface area contributed by atoms with Crippen molar-refractivity contribution >= 4 is 11.6 Å². The number of likely N-dealkylation sites (tertiary alicyclic amines) is 1. The number of carbonyl (C=O) groups is 1. The van der Waals surface area contributed by atoms with E-state index in [1.165, 1.54) is 24.0 Å². The largest absolute Gasteiger partial charge is 0.454 e. The number of piperazine rings is 1. The van der Waals surface area contributed by atoms with Crippen LogP contribution in [0.4, 0.5) is 5.69 Å². The van der Waals surface area contributed by atoms with Crippen LogP contribution in [0.25, 0.3) is 0 Å². The Hall–Kier alpha value is -2.61. The van der Waals surface area contributed by atoms with Gasteiger partial charge in [-0.15, -0.1) is 0 Å². The number of piperidine rings is 1. The van der Waals surface area contributed by atoms with E-state index >= 15 is 0 Å². The van der Waals surface area contributed by atoms with Gasteiger partial charge in [0.05, 0.1) is 0 Å². The first-order chi connectivity index (χ1) is 16.1. The molecule has 3 aliphatic rings. The van der Waals surface area contributed by atoms with Crippen LogP contribution in [0.2, 0.25) is 0 Å². The number of nitrogens with one attached hydrogen (secondary N) is 1. The van der Waals surface area contributed by atoms with Crippen molar-refractivity contribution in [1.82, 2.24) is 14.7 Å². The molecule has 33 heavy (non-hydrogen) atoms. The zero-order valence-electron chi connectivity index (χ0n) is 19.5. The number of hydrogen-bond donors (Lipinski definition) is 1. The molecule has 1 N–H and O–H groups in total. The van der Waals surface area contributed by atoms with E-state index in [2.05, 4.69) is 44.3 Å². The summed E-state index contributed by atoms with van der Waals surface area (Å²) in [6, 6.07) is 15.2. The first-order valence-electron chi connectivity index (χ1n) is 12.1. The van der Waals surface area contributed by atoms with Gasteiger partial charge in [0.1, 0.15) is 0 Å². The van der Waals surface area contributed by atoms with E-state index in [1.807, 2.05) is 18.2 Å². The van der Waals surface area contributed by atoms with Crippen LogP contribution in [0, 0.1) is 0 Å². The first kappa shape index (κ1) is 22.2. The molecular weight excluding hydrogens is 416 g/mol. The van der Waals surface area contributed by atoms with Crippen LogP contribution in [0.5, 0.6) is 11.5 Å². The predicted octanol–water partition coefficient (Wildman–Crippen LogP) is 3.16. The molecule has 0 aromatic heterocycles. The third-order valence-corrected chi connectivity index (χ3v) is 6.93. The minimum Gasteiger partial charge on any atom is -0.454 e. The van der Waals surface area contributed by atoms with Gasteiger partial charge in [-0.3, -0.25) is 19.5 Å². The van der Waals surface area contributed by atoms with Crippen molar-refractivity contribution in [2.75, 3.05) is 51.4 Å². The minimum absolute atomic E-state index is 0.0300. The molecule has 5 rings (SSSR count). The standard InChI is InChI=1S/C26H34N4O3/c1-20(31)27-23-7-4-21(5-8-23)16-29-10-2-3-24(18-29)30-13-11-28(12-14-30)17-22-6-9-25-26(15-22)33-19-32-25/h4-9,15,24H,2-3,10-14,16-19H2,1H3,(H,27,31)/t24-/m0/s1. The molecule has 1 atom stereocenters. The molecule has 0 bridgehead atoms. The van der Waals surface area contributed by atoms with Gasteiger partial charge in [0.15, 0.2) is 11.5 Å². The lowest BCUT2D eigenvalue weighted by atomic mass is 10.0. The topological polar surface area (TPSA) is 57.3 Å². The van der Waals surface area contributed by atoms with Crippen molar-refractivity contribution in [1.29, 1.82) is 0 Å². The highest BCUT2D eigenvalue weighted by atomic mass is 16.7. The minimum atomic E-state index is -0.0300.